The molecule has 0 saturated heterocycles. The number of para-hydroxylation sites is 2. The number of hydrogen-bond donors (Lipinski definition) is 2. The molecule has 5 aromatic carbocycles. The third-order valence-corrected chi connectivity index (χ3v) is 9.94. The van der Waals surface area contributed by atoms with Crippen LogP contribution in [-0.2, 0) is 40.5 Å². The molecular weight excluding hydrogens is 909 g/mol. The second-order valence-corrected chi connectivity index (χ2v) is 16.1. The number of hydrogen-bond acceptors (Lipinski definition) is 10. The number of carbonyl (C=O) groups is 2. The number of amides is 2. The van der Waals surface area contributed by atoms with E-state index >= 15 is 0 Å². The van der Waals surface area contributed by atoms with E-state index in [9.17, 15) is 31.2 Å². The molecule has 8 rings (SSSR count). The van der Waals surface area contributed by atoms with Gasteiger partial charge in [-0.05, 0) is 58.7 Å². The molecule has 65 heavy (non-hydrogen) atoms. The fraction of sp³-hybridized carbons (Fsp3) is 0.159. The molecule has 2 N–H and O–H groups in total. The van der Waals surface area contributed by atoms with Crippen molar-refractivity contribution in [2.24, 2.45) is 0 Å². The molecule has 0 aliphatic rings. The molecular formula is C44H41Cl2F3N10O5S. The zero-order valence-corrected chi connectivity index (χ0v) is 35.9. The lowest BCUT2D eigenvalue weighted by molar-refractivity contribution is 0.100. The van der Waals surface area contributed by atoms with Gasteiger partial charge in [0.15, 0.2) is 11.6 Å². The van der Waals surface area contributed by atoms with E-state index in [1.165, 1.54) is 35.5 Å². The Balaban J connectivity index is 0.000000232. The van der Waals surface area contributed by atoms with Gasteiger partial charge in [0.05, 0.1) is 73.3 Å². The monoisotopic (exact) mass is 949 g/mol. The number of carbonyl (C=O) groups excluding carboxylic acids is 2. The molecule has 0 saturated carbocycles. The summed E-state index contributed by atoms with van der Waals surface area (Å²) in [5, 5.41) is 12.8. The Bertz CT molecular complexity index is 3020. The van der Waals surface area contributed by atoms with E-state index in [1.54, 1.807) is 17.1 Å². The molecule has 338 valence electrons. The Morgan fingerprint density at radius 1 is 0.677 bits per heavy atom. The molecule has 0 spiro atoms. The number of fused-ring (bicyclic) bond motifs is 1. The van der Waals surface area contributed by atoms with Crippen LogP contribution in [0.1, 0.15) is 52.3 Å². The van der Waals surface area contributed by atoms with E-state index in [1.807, 2.05) is 89.5 Å². The van der Waals surface area contributed by atoms with E-state index in [4.69, 9.17) is 24.6 Å². The number of alkyl halides is 1. The summed E-state index contributed by atoms with van der Waals surface area (Å²) in [6.07, 6.45) is 5.45. The van der Waals surface area contributed by atoms with Gasteiger partial charge >= 0.3 is 0 Å². The molecule has 3 aromatic heterocycles. The molecule has 0 aliphatic heterocycles. The molecule has 0 aliphatic carbocycles. The smallest absolute Gasteiger partial charge is 0.295 e. The summed E-state index contributed by atoms with van der Waals surface area (Å²) in [5.41, 5.74) is 4.49. The van der Waals surface area contributed by atoms with Gasteiger partial charge in [0.25, 0.3) is 21.9 Å². The summed E-state index contributed by atoms with van der Waals surface area (Å²) >= 11 is 11.9. The van der Waals surface area contributed by atoms with Crippen LogP contribution in [0.2, 0.25) is 10.0 Å². The molecule has 3 heterocycles. The third kappa shape index (κ3) is 13.5. The summed E-state index contributed by atoms with van der Waals surface area (Å²) in [6, 6.07) is 32.4. The van der Waals surface area contributed by atoms with Gasteiger partial charge in [-0.15, -0.1) is 10.2 Å². The lowest BCUT2D eigenvalue weighted by Crippen LogP contribution is -2.16. The van der Waals surface area contributed by atoms with E-state index in [0.29, 0.717) is 25.2 Å². The SMILES string of the molecule is C.CS(=O)(=O)OCc1cc(Cl)c(F)c(NC(=O)c2ncn(Cc3ccccc3)n2)c1.O=C(Nc1cc(Cn2cnc3ccccc32)cc(Cl)c1F)c1ncn(Cc2ccccc2)n1.[2H]CF. The molecule has 0 radical (unpaired) electrons. The van der Waals surface area contributed by atoms with Gasteiger partial charge in [0, 0.05) is 6.54 Å². The van der Waals surface area contributed by atoms with E-state index in [0.717, 1.165) is 28.4 Å². The molecule has 0 fully saturated rings. The first kappa shape index (κ1) is 47.5. The lowest BCUT2D eigenvalue weighted by atomic mass is 10.1. The molecule has 21 heteroatoms. The van der Waals surface area contributed by atoms with Gasteiger partial charge in [0.1, 0.15) is 12.7 Å². The third-order valence-electron chi connectivity index (χ3n) is 8.85. The van der Waals surface area contributed by atoms with E-state index < -0.39 is 40.7 Å². The summed E-state index contributed by atoms with van der Waals surface area (Å²) < 4.78 is 76.3. The van der Waals surface area contributed by atoms with Crippen molar-refractivity contribution in [3.63, 3.8) is 0 Å². The largest absolute Gasteiger partial charge is 0.326 e. The van der Waals surface area contributed by atoms with Crippen molar-refractivity contribution < 1.29 is 36.7 Å². The average Bonchev–Trinajstić information content (AvgIpc) is 4.06. The fourth-order valence-electron chi connectivity index (χ4n) is 6.00. The lowest BCUT2D eigenvalue weighted by Gasteiger charge is -2.11. The number of nitrogens with zero attached hydrogens (tertiary/aromatic N) is 8. The predicted octanol–water partition coefficient (Wildman–Crippen LogP) is 8.84. The van der Waals surface area contributed by atoms with Crippen molar-refractivity contribution >= 4 is 67.5 Å². The average molecular weight is 951 g/mol. The van der Waals surface area contributed by atoms with Crippen molar-refractivity contribution in [2.75, 3.05) is 24.0 Å². The van der Waals surface area contributed by atoms with Gasteiger partial charge < -0.3 is 15.2 Å². The molecule has 0 atom stereocenters. The maximum atomic E-state index is 14.7. The zero-order valence-electron chi connectivity index (χ0n) is 34.6. The van der Waals surface area contributed by atoms with Crippen molar-refractivity contribution in [1.82, 2.24) is 39.1 Å². The van der Waals surface area contributed by atoms with Gasteiger partial charge in [0.2, 0.25) is 11.6 Å². The second kappa shape index (κ2) is 22.6. The van der Waals surface area contributed by atoms with Crippen LogP contribution in [0.4, 0.5) is 24.5 Å². The first-order valence-corrected chi connectivity index (χ1v) is 21.3. The minimum Gasteiger partial charge on any atom is -0.326 e. The van der Waals surface area contributed by atoms with Crippen molar-refractivity contribution in [1.29, 1.82) is 0 Å². The fourth-order valence-corrected chi connectivity index (χ4v) is 6.84. The Hall–Kier alpha value is -6.93. The number of aromatic nitrogens is 8. The molecule has 0 unspecified atom stereocenters. The summed E-state index contributed by atoms with van der Waals surface area (Å²) in [6.45, 7) is 0.939. The number of anilines is 2. The van der Waals surface area contributed by atoms with E-state index in [2.05, 4.69) is 40.0 Å². The highest BCUT2D eigenvalue weighted by atomic mass is 35.5. The molecule has 2 amide bonds. The predicted molar refractivity (Wildman–Crippen MR) is 242 cm³/mol. The quantitative estimate of drug-likeness (QED) is 0.106. The number of rotatable bonds is 13. The first-order chi connectivity index (χ1) is 31.2. The minimum atomic E-state index is -3.69. The van der Waals surface area contributed by atoms with Gasteiger partial charge in [-0.25, -0.2) is 33.1 Å². The Morgan fingerprint density at radius 2 is 1.14 bits per heavy atom. The topological polar surface area (TPSA) is 181 Å². The van der Waals surface area contributed by atoms with Crippen LogP contribution in [0, 0.1) is 11.6 Å². The normalized spacial score (nSPS) is 11.0. The van der Waals surface area contributed by atoms with Crippen LogP contribution in [0.15, 0.2) is 128 Å². The summed E-state index contributed by atoms with van der Waals surface area (Å²) in [4.78, 5) is 37.4. The van der Waals surface area contributed by atoms with Crippen molar-refractivity contribution in [2.45, 2.75) is 33.7 Å². The van der Waals surface area contributed by atoms with Crippen LogP contribution < -0.4 is 10.6 Å². The zero-order chi connectivity index (χ0) is 46.5. The maximum absolute atomic E-state index is 14.7. The highest BCUT2D eigenvalue weighted by Gasteiger charge is 2.19. The second-order valence-electron chi connectivity index (χ2n) is 13.6. The number of nitrogens with one attached hydrogen (secondary N) is 2. The molecule has 0 bridgehead atoms. The summed E-state index contributed by atoms with van der Waals surface area (Å²) in [5.74, 6) is -3.17. The maximum Gasteiger partial charge on any atom is 0.295 e. The van der Waals surface area contributed by atoms with Crippen LogP contribution >= 0.6 is 23.2 Å². The highest BCUT2D eigenvalue weighted by molar-refractivity contribution is 7.85. The van der Waals surface area contributed by atoms with Gasteiger partial charge in [-0.2, -0.15) is 8.42 Å². The van der Waals surface area contributed by atoms with Crippen molar-refractivity contribution in [3.05, 3.63) is 184 Å². The Kier molecular flexibility index (Phi) is 16.5. The van der Waals surface area contributed by atoms with Crippen molar-refractivity contribution in [3.8, 4) is 0 Å². The Labute approximate surface area is 383 Å². The highest BCUT2D eigenvalue weighted by Crippen LogP contribution is 2.28. The number of imidazole rings is 1. The molecule has 15 nitrogen and oxygen atoms in total. The van der Waals surface area contributed by atoms with Gasteiger partial charge in [-0.3, -0.25) is 18.2 Å². The Morgan fingerprint density at radius 3 is 1.65 bits per heavy atom. The summed E-state index contributed by atoms with van der Waals surface area (Å²) in [7, 11) is -4.69. The minimum absolute atomic E-state index is 0. The van der Waals surface area contributed by atoms with E-state index in [-0.39, 0.29) is 52.7 Å². The number of halogens is 5. The van der Waals surface area contributed by atoms with Crippen LogP contribution in [0.25, 0.3) is 11.0 Å². The van der Waals surface area contributed by atoms with Gasteiger partial charge in [-0.1, -0.05) is 103 Å². The number of benzene rings is 5. The molecule has 8 aromatic rings. The first-order valence-electron chi connectivity index (χ1n) is 19.4. The van der Waals surface area contributed by atoms with Crippen LogP contribution in [0.3, 0.4) is 0 Å². The van der Waals surface area contributed by atoms with Crippen LogP contribution in [0.5, 0.6) is 0 Å². The standard InChI is InChI=1S/C24H18ClFN6O.C18H16ClFN4O4S.CH3F.CH4/c25-18-10-17(12-31-14-27-19-8-4-5-9-21(19)31)11-20(22(18)26)29-24(33)23-28-15-32(30-23)13-16-6-2-1-3-7-16;1-29(26,27)28-10-13-7-14(19)16(20)15(8-13)22-18(25)17-21-11-24(23-17)9-12-5-3-2-4-6-12;1-2;/h1-11,14-15H,12-13H2,(H,29,33);2-8,11H,9-10H2,1H3,(H,22,25);1H3;1H4/i;;1D;. The van der Waals surface area contributed by atoms with Crippen LogP contribution in [-0.4, -0.2) is 72.7 Å².